The Morgan fingerprint density at radius 3 is 2.37 bits per heavy atom. The first-order valence-electron chi connectivity index (χ1n) is 10.5. The third kappa shape index (κ3) is 4.63. The van der Waals surface area contributed by atoms with E-state index in [2.05, 4.69) is 24.5 Å². The zero-order valence-electron chi connectivity index (χ0n) is 17.7. The van der Waals surface area contributed by atoms with Crippen molar-refractivity contribution in [3.05, 3.63) is 29.8 Å². The lowest BCUT2D eigenvalue weighted by molar-refractivity contribution is -0.153. The number of nitrogens with one attached hydrogen (secondary N) is 2. The van der Waals surface area contributed by atoms with E-state index in [4.69, 9.17) is 4.74 Å². The van der Waals surface area contributed by atoms with E-state index < -0.39 is 29.6 Å². The third-order valence-corrected chi connectivity index (χ3v) is 5.76. The number of imide groups is 1. The predicted octanol–water partition coefficient (Wildman–Crippen LogP) is 2.93. The SMILES string of the molecule is CC(OC(=O)CCN1C(=O)NC2(CCCC2)C1=O)C(=O)Nc1ccc(C(C)C)cc1. The first-order valence-corrected chi connectivity index (χ1v) is 10.5. The Balaban J connectivity index is 1.46. The van der Waals surface area contributed by atoms with E-state index in [1.54, 1.807) is 12.1 Å². The molecule has 0 radical (unpaired) electrons. The molecule has 2 N–H and O–H groups in total. The fourth-order valence-electron chi connectivity index (χ4n) is 3.90. The summed E-state index contributed by atoms with van der Waals surface area (Å²) >= 11 is 0. The summed E-state index contributed by atoms with van der Waals surface area (Å²) in [6.07, 6.45) is 1.91. The lowest BCUT2D eigenvalue weighted by Gasteiger charge is -2.20. The van der Waals surface area contributed by atoms with E-state index in [1.807, 2.05) is 12.1 Å². The number of esters is 1. The van der Waals surface area contributed by atoms with Gasteiger partial charge in [-0.05, 0) is 43.4 Å². The van der Waals surface area contributed by atoms with Gasteiger partial charge >= 0.3 is 12.0 Å². The molecule has 1 unspecified atom stereocenters. The van der Waals surface area contributed by atoms with Gasteiger partial charge in [-0.2, -0.15) is 0 Å². The van der Waals surface area contributed by atoms with E-state index in [1.165, 1.54) is 6.92 Å². The number of nitrogens with zero attached hydrogens (tertiary/aromatic N) is 1. The first kappa shape index (κ1) is 21.8. The van der Waals surface area contributed by atoms with Crippen LogP contribution in [-0.2, 0) is 19.1 Å². The van der Waals surface area contributed by atoms with Gasteiger partial charge in [0.1, 0.15) is 5.54 Å². The molecule has 1 aromatic carbocycles. The van der Waals surface area contributed by atoms with Crippen molar-refractivity contribution >= 4 is 29.5 Å². The maximum Gasteiger partial charge on any atom is 0.325 e. The van der Waals surface area contributed by atoms with Crippen molar-refractivity contribution in [2.24, 2.45) is 0 Å². The second kappa shape index (κ2) is 8.85. The van der Waals surface area contributed by atoms with Crippen LogP contribution in [0.5, 0.6) is 0 Å². The highest BCUT2D eigenvalue weighted by atomic mass is 16.5. The zero-order valence-corrected chi connectivity index (χ0v) is 17.7. The number of hydrogen-bond donors (Lipinski definition) is 2. The second-order valence-electron chi connectivity index (χ2n) is 8.32. The maximum atomic E-state index is 12.6. The molecule has 3 rings (SSSR count). The standard InChI is InChI=1S/C22H29N3O5/c1-14(2)16-6-8-17(9-7-16)23-19(27)15(3)30-18(26)10-13-25-20(28)22(24-21(25)29)11-4-5-12-22/h6-9,14-15H,4-5,10-13H2,1-3H3,(H,23,27)(H,24,29). The summed E-state index contributed by atoms with van der Waals surface area (Å²) in [5.41, 5.74) is 0.986. The zero-order chi connectivity index (χ0) is 21.9. The van der Waals surface area contributed by atoms with Gasteiger partial charge < -0.3 is 15.4 Å². The molecule has 1 aliphatic carbocycles. The summed E-state index contributed by atoms with van der Waals surface area (Å²) in [4.78, 5) is 50.2. The van der Waals surface area contributed by atoms with Gasteiger partial charge in [0.25, 0.3) is 11.8 Å². The van der Waals surface area contributed by atoms with Crippen molar-refractivity contribution in [1.82, 2.24) is 10.2 Å². The first-order chi connectivity index (χ1) is 14.2. The molecule has 1 spiro atoms. The Bertz CT molecular complexity index is 828. The Labute approximate surface area is 176 Å². The Kier molecular flexibility index (Phi) is 6.43. The van der Waals surface area contributed by atoms with Gasteiger partial charge in [-0.1, -0.05) is 38.8 Å². The van der Waals surface area contributed by atoms with Gasteiger partial charge in [-0.15, -0.1) is 0 Å². The van der Waals surface area contributed by atoms with E-state index in [-0.39, 0.29) is 18.9 Å². The number of urea groups is 1. The third-order valence-electron chi connectivity index (χ3n) is 5.76. The molecule has 1 aliphatic heterocycles. The number of carbonyl (C=O) groups is 4. The minimum atomic E-state index is -0.994. The van der Waals surface area contributed by atoms with Gasteiger partial charge in [0, 0.05) is 12.2 Å². The number of benzene rings is 1. The van der Waals surface area contributed by atoms with Gasteiger partial charge in [0.15, 0.2) is 6.10 Å². The molecule has 30 heavy (non-hydrogen) atoms. The molecule has 0 aromatic heterocycles. The van der Waals surface area contributed by atoms with Crippen molar-refractivity contribution < 1.29 is 23.9 Å². The summed E-state index contributed by atoms with van der Waals surface area (Å²) in [5.74, 6) is -0.961. The molecular formula is C22H29N3O5. The molecule has 162 valence electrons. The normalized spacial score (nSPS) is 18.6. The average Bonchev–Trinajstić information content (AvgIpc) is 3.26. The van der Waals surface area contributed by atoms with E-state index in [9.17, 15) is 19.2 Å². The molecule has 1 saturated carbocycles. The molecule has 8 nitrogen and oxygen atoms in total. The van der Waals surface area contributed by atoms with Crippen LogP contribution in [0.2, 0.25) is 0 Å². The lowest BCUT2D eigenvalue weighted by Crippen LogP contribution is -2.44. The fourth-order valence-corrected chi connectivity index (χ4v) is 3.90. The molecule has 0 bridgehead atoms. The number of hydrogen-bond acceptors (Lipinski definition) is 5. The van der Waals surface area contributed by atoms with Crippen molar-refractivity contribution in [2.75, 3.05) is 11.9 Å². The maximum absolute atomic E-state index is 12.6. The summed E-state index contributed by atoms with van der Waals surface area (Å²) in [5, 5.41) is 5.48. The summed E-state index contributed by atoms with van der Waals surface area (Å²) in [7, 11) is 0. The summed E-state index contributed by atoms with van der Waals surface area (Å²) in [6.45, 7) is 5.59. The van der Waals surface area contributed by atoms with Crippen LogP contribution in [0.4, 0.5) is 10.5 Å². The quantitative estimate of drug-likeness (QED) is 0.526. The van der Waals surface area contributed by atoms with Gasteiger partial charge in [-0.25, -0.2) is 4.79 Å². The largest absolute Gasteiger partial charge is 0.452 e. The van der Waals surface area contributed by atoms with Crippen LogP contribution < -0.4 is 10.6 Å². The molecule has 8 heteroatoms. The van der Waals surface area contributed by atoms with E-state index in [0.29, 0.717) is 24.4 Å². The number of anilines is 1. The Morgan fingerprint density at radius 1 is 1.13 bits per heavy atom. The van der Waals surface area contributed by atoms with Gasteiger partial charge in [-0.3, -0.25) is 19.3 Å². The predicted molar refractivity (Wildman–Crippen MR) is 111 cm³/mol. The summed E-state index contributed by atoms with van der Waals surface area (Å²) in [6, 6.07) is 7.01. The van der Waals surface area contributed by atoms with Crippen LogP contribution in [0.3, 0.4) is 0 Å². The summed E-state index contributed by atoms with van der Waals surface area (Å²) < 4.78 is 5.17. The highest BCUT2D eigenvalue weighted by Gasteiger charge is 2.52. The van der Waals surface area contributed by atoms with Crippen LogP contribution in [0, 0.1) is 0 Å². The van der Waals surface area contributed by atoms with Crippen molar-refractivity contribution in [1.29, 1.82) is 0 Å². The topological polar surface area (TPSA) is 105 Å². The smallest absolute Gasteiger partial charge is 0.325 e. The number of rotatable bonds is 7. The number of carbonyl (C=O) groups excluding carboxylic acids is 4. The minimum absolute atomic E-state index is 0.0593. The van der Waals surface area contributed by atoms with E-state index >= 15 is 0 Å². The molecule has 1 aromatic rings. The second-order valence-corrected chi connectivity index (χ2v) is 8.32. The highest BCUT2D eigenvalue weighted by Crippen LogP contribution is 2.35. The van der Waals surface area contributed by atoms with Crippen LogP contribution in [0.1, 0.15) is 64.4 Å². The number of ether oxygens (including phenoxy) is 1. The Hall–Kier alpha value is -2.90. The fraction of sp³-hybridized carbons (Fsp3) is 0.545. The lowest BCUT2D eigenvalue weighted by atomic mass is 9.98. The molecule has 1 saturated heterocycles. The van der Waals surface area contributed by atoms with Crippen LogP contribution >= 0.6 is 0 Å². The highest BCUT2D eigenvalue weighted by molar-refractivity contribution is 6.07. The average molecular weight is 415 g/mol. The molecule has 1 heterocycles. The monoisotopic (exact) mass is 415 g/mol. The van der Waals surface area contributed by atoms with Gasteiger partial charge in [0.05, 0.1) is 6.42 Å². The molecular weight excluding hydrogens is 386 g/mol. The van der Waals surface area contributed by atoms with Crippen LogP contribution in [0.15, 0.2) is 24.3 Å². The van der Waals surface area contributed by atoms with Crippen LogP contribution in [-0.4, -0.2) is 46.9 Å². The molecule has 4 amide bonds. The molecule has 2 fully saturated rings. The van der Waals surface area contributed by atoms with Gasteiger partial charge in [0.2, 0.25) is 0 Å². The molecule has 1 atom stereocenters. The minimum Gasteiger partial charge on any atom is -0.452 e. The van der Waals surface area contributed by atoms with E-state index in [0.717, 1.165) is 23.3 Å². The number of amides is 4. The Morgan fingerprint density at radius 2 is 1.77 bits per heavy atom. The van der Waals surface area contributed by atoms with Crippen molar-refractivity contribution in [2.45, 2.75) is 70.4 Å². The van der Waals surface area contributed by atoms with Crippen molar-refractivity contribution in [3.8, 4) is 0 Å². The molecule has 2 aliphatic rings. The van der Waals surface area contributed by atoms with Crippen molar-refractivity contribution in [3.63, 3.8) is 0 Å². The van der Waals surface area contributed by atoms with Crippen LogP contribution in [0.25, 0.3) is 0 Å².